The number of hydrogen-bond acceptors (Lipinski definition) is 5. The standard InChI is InChI=1S/C23H20O5/c1-27-18-9-5-16(6-10-18)21(13-15-3-7-17(24)8-4-15)23(26)20-12-11-19(28-2)14-22(20)25/h3-14,24-25H,1-2H3/b21-13+. The Bertz CT molecular complexity index is 1000. The molecule has 0 atom stereocenters. The van der Waals surface area contributed by atoms with Crippen LogP contribution in [0.3, 0.4) is 0 Å². The van der Waals surface area contributed by atoms with Crippen molar-refractivity contribution >= 4 is 17.4 Å². The van der Waals surface area contributed by atoms with Gasteiger partial charge in [-0.1, -0.05) is 24.3 Å². The highest BCUT2D eigenvalue weighted by atomic mass is 16.5. The van der Waals surface area contributed by atoms with Crippen LogP contribution < -0.4 is 9.47 Å². The van der Waals surface area contributed by atoms with Crippen LogP contribution in [0.15, 0.2) is 66.7 Å². The lowest BCUT2D eigenvalue weighted by Gasteiger charge is -2.11. The lowest BCUT2D eigenvalue weighted by molar-refractivity contribution is 0.105. The van der Waals surface area contributed by atoms with Crippen LogP contribution in [0.25, 0.3) is 11.6 Å². The van der Waals surface area contributed by atoms with E-state index in [1.165, 1.54) is 19.2 Å². The molecule has 0 saturated carbocycles. The minimum absolute atomic E-state index is 0.141. The third kappa shape index (κ3) is 4.15. The van der Waals surface area contributed by atoms with Gasteiger partial charge in [0.25, 0.3) is 0 Å². The Kier molecular flexibility index (Phi) is 5.65. The summed E-state index contributed by atoms with van der Waals surface area (Å²) in [5, 5.41) is 19.8. The Hall–Kier alpha value is -3.73. The fourth-order valence-corrected chi connectivity index (χ4v) is 2.76. The first-order valence-corrected chi connectivity index (χ1v) is 8.58. The number of carbonyl (C=O) groups is 1. The van der Waals surface area contributed by atoms with Gasteiger partial charge in [-0.15, -0.1) is 0 Å². The monoisotopic (exact) mass is 376 g/mol. The molecule has 0 radical (unpaired) electrons. The molecular formula is C23H20O5. The maximum atomic E-state index is 13.2. The molecule has 0 bridgehead atoms. The first-order valence-electron chi connectivity index (χ1n) is 8.58. The van der Waals surface area contributed by atoms with E-state index in [0.717, 1.165) is 5.56 Å². The molecule has 0 aliphatic rings. The first-order chi connectivity index (χ1) is 13.5. The van der Waals surface area contributed by atoms with E-state index in [9.17, 15) is 15.0 Å². The largest absolute Gasteiger partial charge is 0.508 e. The molecule has 0 unspecified atom stereocenters. The van der Waals surface area contributed by atoms with Gasteiger partial charge in [0.15, 0.2) is 5.78 Å². The summed E-state index contributed by atoms with van der Waals surface area (Å²) in [6, 6.07) is 18.2. The zero-order valence-corrected chi connectivity index (χ0v) is 15.5. The normalized spacial score (nSPS) is 11.1. The number of benzene rings is 3. The van der Waals surface area contributed by atoms with Gasteiger partial charge in [0.2, 0.25) is 0 Å². The maximum absolute atomic E-state index is 13.2. The molecule has 0 aliphatic carbocycles. The van der Waals surface area contributed by atoms with Crippen molar-refractivity contribution in [2.45, 2.75) is 0 Å². The highest BCUT2D eigenvalue weighted by molar-refractivity contribution is 6.33. The van der Waals surface area contributed by atoms with Gasteiger partial charge in [0.1, 0.15) is 23.0 Å². The van der Waals surface area contributed by atoms with E-state index in [1.807, 2.05) is 0 Å². The topological polar surface area (TPSA) is 76.0 Å². The van der Waals surface area contributed by atoms with Gasteiger partial charge in [0, 0.05) is 11.6 Å². The number of methoxy groups -OCH3 is 2. The minimum atomic E-state index is -0.335. The van der Waals surface area contributed by atoms with Gasteiger partial charge >= 0.3 is 0 Å². The highest BCUT2D eigenvalue weighted by Crippen LogP contribution is 2.30. The van der Waals surface area contributed by atoms with E-state index in [4.69, 9.17) is 9.47 Å². The van der Waals surface area contributed by atoms with Crippen molar-refractivity contribution in [3.63, 3.8) is 0 Å². The predicted molar refractivity (Wildman–Crippen MR) is 108 cm³/mol. The number of phenolic OH excluding ortho intramolecular Hbond substituents is 2. The zero-order chi connectivity index (χ0) is 20.1. The average Bonchev–Trinajstić information content (AvgIpc) is 2.73. The molecule has 28 heavy (non-hydrogen) atoms. The first kappa shape index (κ1) is 19.0. The van der Waals surface area contributed by atoms with Gasteiger partial charge in [-0.25, -0.2) is 0 Å². The van der Waals surface area contributed by atoms with Crippen LogP contribution in [0.4, 0.5) is 0 Å². The molecule has 0 aromatic heterocycles. The third-order valence-electron chi connectivity index (χ3n) is 4.30. The summed E-state index contributed by atoms with van der Waals surface area (Å²) in [6.45, 7) is 0. The van der Waals surface area contributed by atoms with E-state index in [0.29, 0.717) is 22.6 Å². The number of allylic oxidation sites excluding steroid dienone is 1. The molecular weight excluding hydrogens is 356 g/mol. The summed E-state index contributed by atoms with van der Waals surface area (Å²) >= 11 is 0. The molecule has 0 fully saturated rings. The SMILES string of the molecule is COc1ccc(/C(=C\c2ccc(O)cc2)C(=O)c2ccc(OC)cc2O)cc1. The molecule has 3 aromatic rings. The van der Waals surface area contributed by atoms with E-state index in [2.05, 4.69) is 0 Å². The molecule has 0 aliphatic heterocycles. The van der Waals surface area contributed by atoms with Crippen LogP contribution in [0.2, 0.25) is 0 Å². The number of hydrogen-bond donors (Lipinski definition) is 2. The van der Waals surface area contributed by atoms with E-state index in [-0.39, 0.29) is 22.8 Å². The maximum Gasteiger partial charge on any atom is 0.197 e. The summed E-state index contributed by atoms with van der Waals surface area (Å²) in [7, 11) is 3.06. The molecule has 0 spiro atoms. The number of Topliss-reactive ketones (excluding diaryl/α,β-unsaturated/α-hetero) is 1. The van der Waals surface area contributed by atoms with Crippen molar-refractivity contribution < 1.29 is 24.5 Å². The zero-order valence-electron chi connectivity index (χ0n) is 15.5. The number of rotatable bonds is 6. The number of aromatic hydroxyl groups is 2. The molecule has 0 saturated heterocycles. The molecule has 5 heteroatoms. The van der Waals surface area contributed by atoms with Gasteiger partial charge in [-0.2, -0.15) is 0 Å². The Morgan fingerprint density at radius 1 is 0.821 bits per heavy atom. The summed E-state index contributed by atoms with van der Waals surface area (Å²) in [4.78, 5) is 13.2. The van der Waals surface area contributed by atoms with Gasteiger partial charge in [0.05, 0.1) is 19.8 Å². The lowest BCUT2D eigenvalue weighted by atomic mass is 9.94. The second-order valence-corrected chi connectivity index (χ2v) is 6.09. The Morgan fingerprint density at radius 3 is 2.00 bits per heavy atom. The van der Waals surface area contributed by atoms with Crippen LogP contribution in [0.5, 0.6) is 23.0 Å². The lowest BCUT2D eigenvalue weighted by Crippen LogP contribution is -2.04. The fraction of sp³-hybridized carbons (Fsp3) is 0.0870. The Morgan fingerprint density at radius 2 is 1.43 bits per heavy atom. The van der Waals surface area contributed by atoms with Gasteiger partial charge < -0.3 is 19.7 Å². The molecule has 2 N–H and O–H groups in total. The van der Waals surface area contributed by atoms with E-state index < -0.39 is 0 Å². The molecule has 0 amide bonds. The summed E-state index contributed by atoms with van der Waals surface area (Å²) in [5.41, 5.74) is 1.98. The Labute approximate surface area is 163 Å². The summed E-state index contributed by atoms with van der Waals surface area (Å²) in [5.74, 6) is 0.783. The van der Waals surface area contributed by atoms with Crippen molar-refractivity contribution in [3.8, 4) is 23.0 Å². The quantitative estimate of drug-likeness (QED) is 0.375. The minimum Gasteiger partial charge on any atom is -0.508 e. The predicted octanol–water partition coefficient (Wildman–Crippen LogP) is 4.54. The van der Waals surface area contributed by atoms with Crippen LogP contribution >= 0.6 is 0 Å². The second kappa shape index (κ2) is 8.31. The molecule has 142 valence electrons. The van der Waals surface area contributed by atoms with Crippen LogP contribution in [-0.4, -0.2) is 30.2 Å². The third-order valence-corrected chi connectivity index (χ3v) is 4.30. The van der Waals surface area contributed by atoms with Crippen LogP contribution in [0, 0.1) is 0 Å². The van der Waals surface area contributed by atoms with Crippen LogP contribution in [0.1, 0.15) is 21.5 Å². The smallest absolute Gasteiger partial charge is 0.197 e. The summed E-state index contributed by atoms with van der Waals surface area (Å²) < 4.78 is 10.3. The highest BCUT2D eigenvalue weighted by Gasteiger charge is 2.19. The van der Waals surface area contributed by atoms with E-state index >= 15 is 0 Å². The fourth-order valence-electron chi connectivity index (χ4n) is 2.76. The van der Waals surface area contributed by atoms with Crippen LogP contribution in [-0.2, 0) is 0 Å². The molecule has 0 heterocycles. The molecule has 3 rings (SSSR count). The Balaban J connectivity index is 2.09. The van der Waals surface area contributed by atoms with Crippen molar-refractivity contribution in [1.29, 1.82) is 0 Å². The number of carbonyl (C=O) groups excluding carboxylic acids is 1. The second-order valence-electron chi connectivity index (χ2n) is 6.09. The van der Waals surface area contributed by atoms with Crippen molar-refractivity contribution in [3.05, 3.63) is 83.4 Å². The van der Waals surface area contributed by atoms with Gasteiger partial charge in [-0.3, -0.25) is 4.79 Å². The number of ketones is 1. The van der Waals surface area contributed by atoms with Gasteiger partial charge in [-0.05, 0) is 53.6 Å². The average molecular weight is 376 g/mol. The van der Waals surface area contributed by atoms with Crippen molar-refractivity contribution in [2.75, 3.05) is 14.2 Å². The number of ether oxygens (including phenoxy) is 2. The number of phenols is 2. The molecule has 5 nitrogen and oxygen atoms in total. The van der Waals surface area contributed by atoms with Crippen molar-refractivity contribution in [2.24, 2.45) is 0 Å². The van der Waals surface area contributed by atoms with Crippen molar-refractivity contribution in [1.82, 2.24) is 0 Å². The molecule has 3 aromatic carbocycles. The summed E-state index contributed by atoms with van der Waals surface area (Å²) in [6.07, 6.45) is 1.72. The van der Waals surface area contributed by atoms with E-state index in [1.54, 1.807) is 67.8 Å².